The first-order chi connectivity index (χ1) is 19.4. The van der Waals surface area contributed by atoms with E-state index in [1.807, 2.05) is 24.3 Å². The number of hydrogen-bond acceptors (Lipinski definition) is 7. The third kappa shape index (κ3) is 8.53. The van der Waals surface area contributed by atoms with Crippen LogP contribution < -0.4 is 9.47 Å². The minimum absolute atomic E-state index is 0.0000750. The van der Waals surface area contributed by atoms with E-state index < -0.39 is 0 Å². The number of hydrogen-bond donors (Lipinski definition) is 2. The average molecular weight is 666 g/mol. The molecule has 0 saturated carbocycles. The monoisotopic (exact) mass is 664 g/mol. The molecule has 0 bridgehead atoms. The number of ether oxygens (including phenoxy) is 2. The Kier molecular flexibility index (Phi) is 10.5. The molecule has 2 N–H and O–H groups in total. The Balaban J connectivity index is 1.27. The van der Waals surface area contributed by atoms with Crippen molar-refractivity contribution in [2.45, 2.75) is 12.8 Å². The predicted octanol–water partition coefficient (Wildman–Crippen LogP) is 7.93. The highest BCUT2D eigenvalue weighted by Crippen LogP contribution is 2.29. The summed E-state index contributed by atoms with van der Waals surface area (Å²) in [4.78, 5) is 21.4. The molecular formula is C31H26Br2N2O5. The van der Waals surface area contributed by atoms with Crippen molar-refractivity contribution in [1.82, 2.24) is 0 Å². The number of carbonyl (C=O) groups is 1. The number of halogens is 2. The molecule has 0 aliphatic heterocycles. The van der Waals surface area contributed by atoms with Gasteiger partial charge in [0.15, 0.2) is 0 Å². The van der Waals surface area contributed by atoms with Crippen LogP contribution in [0, 0.1) is 0 Å². The number of phenols is 2. The van der Waals surface area contributed by atoms with Gasteiger partial charge in [-0.25, -0.2) is 0 Å². The second-order valence-electron chi connectivity index (χ2n) is 8.59. The number of rotatable bonds is 12. The third-order valence-electron chi connectivity index (χ3n) is 5.67. The van der Waals surface area contributed by atoms with E-state index in [1.165, 1.54) is 0 Å². The molecule has 0 radical (unpaired) electrons. The molecule has 40 heavy (non-hydrogen) atoms. The summed E-state index contributed by atoms with van der Waals surface area (Å²) in [6.07, 6.45) is 3.56. The van der Waals surface area contributed by atoms with Crippen LogP contribution in [0.2, 0.25) is 0 Å². The number of phenolic OH excluding ortho intramolecular Hbond substituents is 2. The Hall–Kier alpha value is -3.95. The van der Waals surface area contributed by atoms with Gasteiger partial charge < -0.3 is 19.7 Å². The Morgan fingerprint density at radius 3 is 1.55 bits per heavy atom. The number of para-hydroxylation sites is 4. The van der Waals surface area contributed by atoms with E-state index in [4.69, 9.17) is 9.47 Å². The largest absolute Gasteiger partial charge is 0.507 e. The first-order valence-corrected chi connectivity index (χ1v) is 14.0. The lowest BCUT2D eigenvalue weighted by atomic mass is 10.2. The molecule has 0 heterocycles. The van der Waals surface area contributed by atoms with E-state index in [0.717, 1.165) is 8.95 Å². The van der Waals surface area contributed by atoms with Crippen molar-refractivity contribution < 1.29 is 24.5 Å². The van der Waals surface area contributed by atoms with Crippen molar-refractivity contribution >= 4 is 61.4 Å². The molecule has 0 unspecified atom stereocenters. The standard InChI is InChI=1S/C31H26Br2N2O5/c32-23-9-11-28(37)21(17-23)19-34-26-5-1-3-7-30(26)39-15-13-25(36)14-16-40-31-8-4-2-6-27(31)35-20-22-18-24(33)10-12-29(22)38/h1-12,17-20,37-38H,13-16H2. The van der Waals surface area contributed by atoms with Gasteiger partial charge in [-0.05, 0) is 60.7 Å². The van der Waals surface area contributed by atoms with Gasteiger partial charge >= 0.3 is 0 Å². The molecule has 4 aromatic rings. The molecule has 9 heteroatoms. The molecule has 0 amide bonds. The van der Waals surface area contributed by atoms with Crippen molar-refractivity contribution in [3.05, 3.63) is 105 Å². The highest BCUT2D eigenvalue weighted by atomic mass is 79.9. The van der Waals surface area contributed by atoms with E-state index in [1.54, 1.807) is 73.1 Å². The fourth-order valence-corrected chi connectivity index (χ4v) is 4.34. The molecule has 0 aliphatic rings. The summed E-state index contributed by atoms with van der Waals surface area (Å²) >= 11 is 6.77. The van der Waals surface area contributed by atoms with Crippen molar-refractivity contribution in [3.8, 4) is 23.0 Å². The summed E-state index contributed by atoms with van der Waals surface area (Å²) in [6.45, 7) is 0.398. The van der Waals surface area contributed by atoms with Crippen LogP contribution in [0.1, 0.15) is 24.0 Å². The Bertz CT molecular complexity index is 1430. The number of carbonyl (C=O) groups excluding carboxylic acids is 1. The number of Topliss-reactive ketones (excluding diaryl/α,β-unsaturated/α-hetero) is 1. The van der Waals surface area contributed by atoms with Gasteiger partial charge in [0.1, 0.15) is 40.2 Å². The fraction of sp³-hybridized carbons (Fsp3) is 0.129. The SMILES string of the molecule is O=C(CCOc1ccccc1N=Cc1cc(Br)ccc1O)CCOc1ccccc1N=Cc1cc(Br)ccc1O. The molecule has 0 aliphatic carbocycles. The summed E-state index contributed by atoms with van der Waals surface area (Å²) < 4.78 is 13.3. The molecule has 204 valence electrons. The van der Waals surface area contributed by atoms with Crippen LogP contribution in [-0.2, 0) is 4.79 Å². The highest BCUT2D eigenvalue weighted by Gasteiger charge is 2.08. The number of aliphatic imine (C=N–C) groups is 2. The second-order valence-corrected chi connectivity index (χ2v) is 10.4. The van der Waals surface area contributed by atoms with Gasteiger partial charge in [0.25, 0.3) is 0 Å². The van der Waals surface area contributed by atoms with Crippen molar-refractivity contribution in [1.29, 1.82) is 0 Å². The van der Waals surface area contributed by atoms with Crippen LogP contribution >= 0.6 is 31.9 Å². The van der Waals surface area contributed by atoms with Crippen molar-refractivity contribution in [2.75, 3.05) is 13.2 Å². The molecule has 0 atom stereocenters. The summed E-state index contributed by atoms with van der Waals surface area (Å²) in [5, 5.41) is 20.1. The van der Waals surface area contributed by atoms with Gasteiger partial charge in [0, 0.05) is 45.3 Å². The predicted molar refractivity (Wildman–Crippen MR) is 164 cm³/mol. The van der Waals surface area contributed by atoms with Gasteiger partial charge in [-0.15, -0.1) is 0 Å². The molecule has 0 saturated heterocycles. The zero-order chi connectivity index (χ0) is 28.3. The average Bonchev–Trinajstić information content (AvgIpc) is 2.95. The number of nitrogens with zero attached hydrogens (tertiary/aromatic N) is 2. The number of ketones is 1. The molecule has 4 aromatic carbocycles. The van der Waals surface area contributed by atoms with E-state index in [9.17, 15) is 15.0 Å². The minimum Gasteiger partial charge on any atom is -0.507 e. The van der Waals surface area contributed by atoms with Crippen molar-refractivity contribution in [3.63, 3.8) is 0 Å². The van der Waals surface area contributed by atoms with Crippen LogP contribution in [0.25, 0.3) is 0 Å². The topological polar surface area (TPSA) is 101 Å². The van der Waals surface area contributed by atoms with Gasteiger partial charge in [0.2, 0.25) is 0 Å². The zero-order valence-corrected chi connectivity index (χ0v) is 24.5. The lowest BCUT2D eigenvalue weighted by Crippen LogP contribution is -2.10. The lowest BCUT2D eigenvalue weighted by molar-refractivity contribution is -0.120. The van der Waals surface area contributed by atoms with Crippen molar-refractivity contribution in [2.24, 2.45) is 9.98 Å². The van der Waals surface area contributed by atoms with E-state index >= 15 is 0 Å². The van der Waals surface area contributed by atoms with Crippen LogP contribution in [0.3, 0.4) is 0 Å². The zero-order valence-electron chi connectivity index (χ0n) is 21.3. The molecule has 7 nitrogen and oxygen atoms in total. The summed E-state index contributed by atoms with van der Waals surface area (Å²) in [5.74, 6) is 1.33. The molecule has 0 aromatic heterocycles. The first-order valence-electron chi connectivity index (χ1n) is 12.4. The number of benzene rings is 4. The van der Waals surface area contributed by atoms with E-state index in [0.29, 0.717) is 34.0 Å². The van der Waals surface area contributed by atoms with E-state index in [-0.39, 0.29) is 43.3 Å². The Morgan fingerprint density at radius 2 is 1.10 bits per heavy atom. The smallest absolute Gasteiger partial charge is 0.144 e. The Labute approximate surface area is 249 Å². The number of aromatic hydroxyl groups is 2. The summed E-state index contributed by atoms with van der Waals surface area (Å²) in [6, 6.07) is 24.7. The van der Waals surface area contributed by atoms with Gasteiger partial charge in [-0.3, -0.25) is 14.8 Å². The van der Waals surface area contributed by atoms with Gasteiger partial charge in [-0.2, -0.15) is 0 Å². The lowest BCUT2D eigenvalue weighted by Gasteiger charge is -2.10. The Morgan fingerprint density at radius 1 is 0.675 bits per heavy atom. The summed E-state index contributed by atoms with van der Waals surface area (Å²) in [7, 11) is 0. The van der Waals surface area contributed by atoms with Gasteiger partial charge in [0.05, 0.1) is 13.2 Å². The van der Waals surface area contributed by atoms with Crippen LogP contribution in [0.5, 0.6) is 23.0 Å². The third-order valence-corrected chi connectivity index (χ3v) is 6.66. The summed E-state index contributed by atoms with van der Waals surface area (Å²) in [5.41, 5.74) is 2.31. The minimum atomic E-state index is 0.0000750. The maximum Gasteiger partial charge on any atom is 0.144 e. The van der Waals surface area contributed by atoms with Crippen LogP contribution in [0.15, 0.2) is 104 Å². The maximum absolute atomic E-state index is 12.5. The molecule has 0 fully saturated rings. The van der Waals surface area contributed by atoms with Crippen LogP contribution in [-0.4, -0.2) is 41.6 Å². The fourth-order valence-electron chi connectivity index (χ4n) is 3.58. The molecule has 4 rings (SSSR count). The van der Waals surface area contributed by atoms with Gasteiger partial charge in [-0.1, -0.05) is 56.1 Å². The van der Waals surface area contributed by atoms with Crippen LogP contribution in [0.4, 0.5) is 11.4 Å². The first kappa shape index (κ1) is 29.0. The quantitative estimate of drug-likeness (QED) is 0.150. The molecular weight excluding hydrogens is 640 g/mol. The maximum atomic E-state index is 12.5. The highest BCUT2D eigenvalue weighted by molar-refractivity contribution is 9.10. The second kappa shape index (κ2) is 14.4. The molecule has 0 spiro atoms. The van der Waals surface area contributed by atoms with E-state index in [2.05, 4.69) is 41.8 Å². The normalized spacial score (nSPS) is 11.2.